The van der Waals surface area contributed by atoms with Gasteiger partial charge in [0.15, 0.2) is 0 Å². The summed E-state index contributed by atoms with van der Waals surface area (Å²) in [6.07, 6.45) is 1.89. The van der Waals surface area contributed by atoms with Crippen LogP contribution in [0.4, 0.5) is 0 Å². The molecule has 9 nitrogen and oxygen atoms in total. The minimum absolute atomic E-state index is 0.178. The number of aryl methyl sites for hydroxylation is 1. The van der Waals surface area contributed by atoms with Crippen LogP contribution in [0.25, 0.3) is 0 Å². The molecule has 0 fully saturated rings. The predicted octanol–water partition coefficient (Wildman–Crippen LogP) is 4.41. The Balaban J connectivity index is 2.25. The number of allylic oxidation sites excluding steroid dienone is 1. The minimum atomic E-state index is -3.87. The van der Waals surface area contributed by atoms with Crippen molar-refractivity contribution in [3.05, 3.63) is 83.6 Å². The highest BCUT2D eigenvalue weighted by Gasteiger charge is 2.41. The summed E-state index contributed by atoms with van der Waals surface area (Å²) in [6.45, 7) is 15.0. The van der Waals surface area contributed by atoms with Crippen LogP contribution in [-0.4, -0.2) is 63.0 Å². The van der Waals surface area contributed by atoms with Crippen molar-refractivity contribution in [2.45, 2.75) is 79.3 Å². The molecule has 0 radical (unpaired) electrons. The summed E-state index contributed by atoms with van der Waals surface area (Å²) in [5.41, 5.74) is 1.16. The van der Waals surface area contributed by atoms with Gasteiger partial charge >= 0.3 is 0 Å². The van der Waals surface area contributed by atoms with Crippen LogP contribution in [-0.2, 0) is 36.2 Å². The zero-order chi connectivity index (χ0) is 34.2. The zero-order valence-corrected chi connectivity index (χ0v) is 29.3. The van der Waals surface area contributed by atoms with Crippen molar-refractivity contribution in [2.24, 2.45) is 17.3 Å². The molecule has 0 aromatic heterocycles. The van der Waals surface area contributed by atoms with Gasteiger partial charge in [0.25, 0.3) is 0 Å². The van der Waals surface area contributed by atoms with E-state index in [0.29, 0.717) is 5.70 Å². The van der Waals surface area contributed by atoms with Crippen molar-refractivity contribution < 1.29 is 22.8 Å². The van der Waals surface area contributed by atoms with Gasteiger partial charge < -0.3 is 15.5 Å². The van der Waals surface area contributed by atoms with E-state index in [0.717, 1.165) is 11.1 Å². The van der Waals surface area contributed by atoms with Crippen LogP contribution in [0.2, 0.25) is 0 Å². The molecule has 0 spiro atoms. The SMILES string of the molecule is CN[C@H](C(=O)N[C@H](C(=O)N(C)/C(=C/C(C)C(=O)NS(=O)(=O)CCc1ccccc1)C(C)C)C(C)(C)C)C(C)(C)c1ccccc1. The first-order valence-corrected chi connectivity index (χ1v) is 17.1. The smallest absolute Gasteiger partial charge is 0.249 e. The average molecular weight is 641 g/mol. The molecule has 0 saturated heterocycles. The van der Waals surface area contributed by atoms with Crippen molar-refractivity contribution >= 4 is 27.7 Å². The molecule has 0 saturated carbocycles. The topological polar surface area (TPSA) is 125 Å². The third kappa shape index (κ3) is 10.5. The van der Waals surface area contributed by atoms with Crippen molar-refractivity contribution in [1.29, 1.82) is 0 Å². The molecule has 3 atom stereocenters. The summed E-state index contributed by atoms with van der Waals surface area (Å²) >= 11 is 0. The second-order valence-corrected chi connectivity index (χ2v) is 15.4. The van der Waals surface area contributed by atoms with Gasteiger partial charge in [-0.1, -0.05) is 115 Å². The summed E-state index contributed by atoms with van der Waals surface area (Å²) in [5, 5.41) is 6.15. The van der Waals surface area contributed by atoms with Gasteiger partial charge in [0.1, 0.15) is 6.04 Å². The number of carbonyl (C=O) groups excluding carboxylic acids is 3. The van der Waals surface area contributed by atoms with Gasteiger partial charge in [-0.15, -0.1) is 0 Å². The summed E-state index contributed by atoms with van der Waals surface area (Å²) in [6, 6.07) is 17.4. The van der Waals surface area contributed by atoms with E-state index in [4.69, 9.17) is 0 Å². The molecule has 3 amide bonds. The number of hydrogen-bond donors (Lipinski definition) is 3. The van der Waals surface area contributed by atoms with Crippen LogP contribution in [0.1, 0.15) is 66.5 Å². The first-order valence-electron chi connectivity index (χ1n) is 15.4. The van der Waals surface area contributed by atoms with Gasteiger partial charge in [0, 0.05) is 18.2 Å². The number of amides is 3. The highest BCUT2D eigenvalue weighted by Crippen LogP contribution is 2.29. The summed E-state index contributed by atoms with van der Waals surface area (Å²) < 4.78 is 27.5. The standard InChI is InChI=1S/C35H52N4O5S/c1-24(2)28(23-25(3)31(40)38-45(43,44)22-21-26-17-13-11-14-18-26)39(10)33(42)30(34(4,5)6)37-32(41)29(36-9)35(7,8)27-19-15-12-16-20-27/h11-20,23-25,29-30,36H,21-22H2,1-10H3,(H,37,41)(H,38,40)/b28-23+/t25?,29-,30-/m1/s1. The number of likely N-dealkylation sites (N-methyl/N-ethyl adjacent to an activating group) is 2. The highest BCUT2D eigenvalue weighted by molar-refractivity contribution is 7.90. The molecule has 2 rings (SSSR count). The maximum absolute atomic E-state index is 14.1. The Morgan fingerprint density at radius 1 is 0.844 bits per heavy atom. The van der Waals surface area contributed by atoms with Crippen molar-refractivity contribution in [1.82, 2.24) is 20.3 Å². The Hall–Kier alpha value is -3.50. The number of benzene rings is 2. The number of carbonyl (C=O) groups is 3. The first kappa shape index (κ1) is 37.7. The minimum Gasteiger partial charge on any atom is -0.342 e. The number of nitrogens with zero attached hydrogens (tertiary/aromatic N) is 1. The van der Waals surface area contributed by atoms with E-state index >= 15 is 0 Å². The van der Waals surface area contributed by atoms with Crippen LogP contribution in [0.5, 0.6) is 0 Å². The van der Waals surface area contributed by atoms with Crippen LogP contribution in [0, 0.1) is 17.3 Å². The molecule has 10 heteroatoms. The van der Waals surface area contributed by atoms with Gasteiger partial charge in [-0.2, -0.15) is 0 Å². The molecule has 0 aliphatic rings. The van der Waals surface area contributed by atoms with E-state index in [1.807, 2.05) is 109 Å². The summed E-state index contributed by atoms with van der Waals surface area (Å²) in [7, 11) is -0.529. The highest BCUT2D eigenvalue weighted by atomic mass is 32.2. The van der Waals surface area contributed by atoms with Crippen molar-refractivity contribution in [3.8, 4) is 0 Å². The molecule has 0 bridgehead atoms. The molecule has 45 heavy (non-hydrogen) atoms. The third-order valence-electron chi connectivity index (χ3n) is 8.09. The largest absolute Gasteiger partial charge is 0.342 e. The maximum Gasteiger partial charge on any atom is 0.249 e. The fraction of sp³-hybridized carbons (Fsp3) is 0.514. The van der Waals surface area contributed by atoms with E-state index in [1.54, 1.807) is 27.1 Å². The summed E-state index contributed by atoms with van der Waals surface area (Å²) in [5.74, 6) is -2.57. The average Bonchev–Trinajstić information content (AvgIpc) is 2.97. The monoisotopic (exact) mass is 640 g/mol. The molecule has 0 heterocycles. The Labute approximate surface area is 270 Å². The predicted molar refractivity (Wildman–Crippen MR) is 181 cm³/mol. The van der Waals surface area contributed by atoms with E-state index in [9.17, 15) is 22.8 Å². The third-order valence-corrected chi connectivity index (χ3v) is 9.35. The van der Waals surface area contributed by atoms with E-state index < -0.39 is 44.8 Å². The molecule has 2 aromatic rings. The second kappa shape index (κ2) is 15.7. The molecule has 248 valence electrons. The van der Waals surface area contributed by atoms with Crippen molar-refractivity contribution in [3.63, 3.8) is 0 Å². The van der Waals surface area contributed by atoms with Crippen LogP contribution >= 0.6 is 0 Å². The normalized spacial score (nSPS) is 14.8. The molecule has 0 aliphatic heterocycles. The van der Waals surface area contributed by atoms with E-state index in [1.165, 1.54) is 4.90 Å². The van der Waals surface area contributed by atoms with Crippen LogP contribution < -0.4 is 15.4 Å². The van der Waals surface area contributed by atoms with E-state index in [2.05, 4.69) is 15.4 Å². The Kier molecular flexibility index (Phi) is 13.1. The van der Waals surface area contributed by atoms with Gasteiger partial charge in [0.2, 0.25) is 27.7 Å². The lowest BCUT2D eigenvalue weighted by molar-refractivity contribution is -0.138. The lowest BCUT2D eigenvalue weighted by atomic mass is 9.76. The fourth-order valence-corrected chi connectivity index (χ4v) is 6.37. The Morgan fingerprint density at radius 2 is 1.38 bits per heavy atom. The Morgan fingerprint density at radius 3 is 1.87 bits per heavy atom. The number of sulfonamides is 1. The quantitative estimate of drug-likeness (QED) is 0.281. The fourth-order valence-electron chi connectivity index (χ4n) is 5.27. The van der Waals surface area contributed by atoms with Crippen LogP contribution in [0.3, 0.4) is 0 Å². The molecule has 3 N–H and O–H groups in total. The second-order valence-electron chi connectivity index (χ2n) is 13.6. The van der Waals surface area contributed by atoms with Crippen LogP contribution in [0.15, 0.2) is 72.4 Å². The van der Waals surface area contributed by atoms with Crippen molar-refractivity contribution in [2.75, 3.05) is 19.8 Å². The number of hydrogen-bond acceptors (Lipinski definition) is 6. The lowest BCUT2D eigenvalue weighted by Crippen LogP contribution is -2.60. The molecule has 1 unspecified atom stereocenters. The lowest BCUT2D eigenvalue weighted by Gasteiger charge is -2.39. The number of nitrogens with one attached hydrogen (secondary N) is 3. The zero-order valence-electron chi connectivity index (χ0n) is 28.5. The molecular formula is C35H52N4O5S. The van der Waals surface area contributed by atoms with Gasteiger partial charge in [-0.05, 0) is 42.9 Å². The molecular weight excluding hydrogens is 588 g/mol. The van der Waals surface area contributed by atoms with Gasteiger partial charge in [0.05, 0.1) is 17.7 Å². The first-order chi connectivity index (χ1) is 20.8. The van der Waals surface area contributed by atoms with Gasteiger partial charge in [-0.25, -0.2) is 8.42 Å². The Bertz CT molecular complexity index is 1430. The van der Waals surface area contributed by atoms with Gasteiger partial charge in [-0.3, -0.25) is 19.1 Å². The van der Waals surface area contributed by atoms with E-state index in [-0.39, 0.29) is 29.9 Å². The summed E-state index contributed by atoms with van der Waals surface area (Å²) in [4.78, 5) is 42.3. The maximum atomic E-state index is 14.1. The molecule has 0 aliphatic carbocycles. The number of rotatable bonds is 14. The molecule has 2 aromatic carbocycles.